The normalized spacial score (nSPS) is 21.6. The average molecular weight is 789 g/mol. The highest BCUT2D eigenvalue weighted by Crippen LogP contribution is 2.26. The second-order valence-corrected chi connectivity index (χ2v) is 14.9. The second-order valence-electron chi connectivity index (χ2n) is 13.9. The Bertz CT molecular complexity index is 1140. The monoisotopic (exact) mass is 788 g/mol. The Morgan fingerprint density at radius 3 is 1.76 bits per heavy atom. The van der Waals surface area contributed by atoms with Crippen LogP contribution in [0.4, 0.5) is 0 Å². The molecule has 54 heavy (non-hydrogen) atoms. The molecule has 1 saturated heterocycles. The van der Waals surface area contributed by atoms with E-state index >= 15 is 0 Å². The fourth-order valence-corrected chi connectivity index (χ4v) is 6.43. The smallest absolute Gasteiger partial charge is 0.397 e. The van der Waals surface area contributed by atoms with E-state index < -0.39 is 59.8 Å². The van der Waals surface area contributed by atoms with Crippen molar-refractivity contribution in [1.82, 2.24) is 0 Å². The summed E-state index contributed by atoms with van der Waals surface area (Å²) >= 11 is 0. The predicted octanol–water partition coefficient (Wildman–Crippen LogP) is 7.63. The van der Waals surface area contributed by atoms with E-state index in [0.717, 1.165) is 44.9 Å². The fourth-order valence-electron chi connectivity index (χ4n) is 5.92. The number of hydrogen-bond acceptors (Lipinski definition) is 11. The number of aliphatic hydroxyl groups excluding tert-OH is 3. The quantitative estimate of drug-likeness (QED) is 0.0217. The third-order valence-corrected chi connectivity index (χ3v) is 9.44. The van der Waals surface area contributed by atoms with Gasteiger partial charge in [0.1, 0.15) is 30.5 Å². The molecule has 6 unspecified atom stereocenters. The molecule has 0 spiro atoms. The molecule has 0 aromatic rings. The number of esters is 1. The van der Waals surface area contributed by atoms with Crippen molar-refractivity contribution in [2.24, 2.45) is 0 Å². The highest BCUT2D eigenvalue weighted by Gasteiger charge is 2.48. The maximum atomic E-state index is 12.7. The van der Waals surface area contributed by atoms with Crippen LogP contribution < -0.4 is 0 Å². The summed E-state index contributed by atoms with van der Waals surface area (Å²) in [6.45, 7) is 3.77. The van der Waals surface area contributed by atoms with Crippen molar-refractivity contribution in [3.8, 4) is 0 Å². The molecular weight excluding hydrogens is 717 g/mol. The zero-order valence-electron chi connectivity index (χ0n) is 33.0. The van der Waals surface area contributed by atoms with Crippen LogP contribution in [0.5, 0.6) is 0 Å². The first-order valence-corrected chi connectivity index (χ1v) is 21.8. The molecule has 4 N–H and O–H groups in total. The van der Waals surface area contributed by atoms with E-state index in [0.29, 0.717) is 13.0 Å². The van der Waals surface area contributed by atoms with Crippen LogP contribution in [0.2, 0.25) is 0 Å². The summed E-state index contributed by atoms with van der Waals surface area (Å²) in [4.78, 5) is 12.7. The minimum absolute atomic E-state index is 0.00791. The van der Waals surface area contributed by atoms with Gasteiger partial charge in [0.05, 0.1) is 19.8 Å². The zero-order valence-corrected chi connectivity index (χ0v) is 33.8. The number of carbonyl (C=O) groups excluding carboxylic acids is 1. The van der Waals surface area contributed by atoms with Crippen molar-refractivity contribution in [3.05, 3.63) is 48.6 Å². The molecule has 0 saturated carbocycles. The van der Waals surface area contributed by atoms with E-state index in [1.165, 1.54) is 70.6 Å². The Labute approximate surface area is 326 Å². The molecule has 1 fully saturated rings. The van der Waals surface area contributed by atoms with Crippen LogP contribution in [0.3, 0.4) is 0 Å². The number of unbranched alkanes of at least 4 members (excludes halogenated alkanes) is 13. The molecule has 0 radical (unpaired) electrons. The largest absolute Gasteiger partial charge is 0.457 e. The van der Waals surface area contributed by atoms with Crippen molar-refractivity contribution in [1.29, 1.82) is 0 Å². The molecule has 13 heteroatoms. The van der Waals surface area contributed by atoms with E-state index in [1.54, 1.807) is 0 Å². The van der Waals surface area contributed by atoms with E-state index in [-0.39, 0.29) is 19.6 Å². The SMILES string of the molecule is CC/C=C\C/C=C\C/C=C\C/C=C\CCC(=O)OC(COCCCCCCCCCCCCCCCC)COC1OC(CO)C(O)C(OS(=O)(=O)O)C1O. The number of rotatable bonds is 34. The molecule has 1 rings (SSSR count). The van der Waals surface area contributed by atoms with Gasteiger partial charge in [0, 0.05) is 13.0 Å². The molecule has 0 amide bonds. The van der Waals surface area contributed by atoms with E-state index in [2.05, 4.69) is 54.5 Å². The lowest BCUT2D eigenvalue weighted by Gasteiger charge is -2.41. The fraction of sp³-hybridized carbons (Fsp3) is 0.780. The lowest BCUT2D eigenvalue weighted by Crippen LogP contribution is -2.60. The van der Waals surface area contributed by atoms with Gasteiger partial charge in [-0.05, 0) is 38.5 Å². The number of carbonyl (C=O) groups is 1. The van der Waals surface area contributed by atoms with Gasteiger partial charge in [-0.3, -0.25) is 9.35 Å². The summed E-state index contributed by atoms with van der Waals surface area (Å²) in [6, 6.07) is 0. The maximum absolute atomic E-state index is 12.7. The van der Waals surface area contributed by atoms with Crippen molar-refractivity contribution >= 4 is 16.4 Å². The van der Waals surface area contributed by atoms with Gasteiger partial charge in [0.2, 0.25) is 0 Å². The van der Waals surface area contributed by atoms with Gasteiger partial charge in [-0.15, -0.1) is 0 Å². The molecule has 0 bridgehead atoms. The molecule has 12 nitrogen and oxygen atoms in total. The third kappa shape index (κ3) is 26.8. The average Bonchev–Trinajstić information content (AvgIpc) is 3.14. The van der Waals surface area contributed by atoms with Gasteiger partial charge in [0.25, 0.3) is 0 Å². The molecule has 0 aliphatic carbocycles. The standard InChI is InChI=1S/C41H72O12S/c1-3-5-7-9-11-13-15-17-19-21-23-25-27-29-31-49-33-35(34-50-41-39(45)40(53-54(46,47)48)38(44)36(32-42)52-41)51-37(43)30-28-26-24-22-20-18-16-14-12-10-8-6-4-2/h6,8,12,14,18,20,24,26,35-36,38-42,44-45H,3-5,7,9-11,13,15-17,19,21-23,25,27-34H2,1-2H3,(H,46,47,48)/b8-6-,14-12-,20-18-,26-24-. The lowest BCUT2D eigenvalue weighted by molar-refractivity contribution is -0.301. The highest BCUT2D eigenvalue weighted by atomic mass is 32.3. The number of aliphatic hydroxyl groups is 3. The molecule has 314 valence electrons. The molecular formula is C41H72O12S. The summed E-state index contributed by atoms with van der Waals surface area (Å²) in [5, 5.41) is 30.5. The summed E-state index contributed by atoms with van der Waals surface area (Å²) in [5.41, 5.74) is 0. The summed E-state index contributed by atoms with van der Waals surface area (Å²) in [7, 11) is -5.07. The number of hydrogen-bond donors (Lipinski definition) is 4. The Balaban J connectivity index is 2.53. The van der Waals surface area contributed by atoms with Crippen molar-refractivity contribution < 1.29 is 56.2 Å². The minimum atomic E-state index is -5.07. The van der Waals surface area contributed by atoms with Crippen LogP contribution in [-0.4, -0.2) is 97.5 Å². The molecule has 1 aliphatic rings. The lowest BCUT2D eigenvalue weighted by atomic mass is 9.99. The van der Waals surface area contributed by atoms with Gasteiger partial charge in [0.15, 0.2) is 6.29 Å². The zero-order chi connectivity index (χ0) is 39.7. The maximum Gasteiger partial charge on any atom is 0.397 e. The van der Waals surface area contributed by atoms with Crippen molar-refractivity contribution in [3.63, 3.8) is 0 Å². The molecule has 1 aliphatic heterocycles. The van der Waals surface area contributed by atoms with Crippen LogP contribution in [0.15, 0.2) is 48.6 Å². The molecule has 0 aromatic carbocycles. The predicted molar refractivity (Wildman–Crippen MR) is 211 cm³/mol. The van der Waals surface area contributed by atoms with Gasteiger partial charge in [-0.25, -0.2) is 4.18 Å². The van der Waals surface area contributed by atoms with E-state index in [9.17, 15) is 28.5 Å². The number of ether oxygens (including phenoxy) is 4. The van der Waals surface area contributed by atoms with Gasteiger partial charge >= 0.3 is 16.4 Å². The summed E-state index contributed by atoms with van der Waals surface area (Å²) in [5.74, 6) is -0.479. The van der Waals surface area contributed by atoms with Crippen LogP contribution in [0, 0.1) is 0 Å². The topological polar surface area (TPSA) is 178 Å². The van der Waals surface area contributed by atoms with Crippen molar-refractivity contribution in [2.45, 2.75) is 179 Å². The highest BCUT2D eigenvalue weighted by molar-refractivity contribution is 7.80. The first kappa shape index (κ1) is 50.1. The summed E-state index contributed by atoms with van der Waals surface area (Å²) < 4.78 is 58.8. The third-order valence-electron chi connectivity index (χ3n) is 8.98. The molecule has 1 heterocycles. The van der Waals surface area contributed by atoms with Crippen LogP contribution in [0.1, 0.15) is 142 Å². The first-order valence-electron chi connectivity index (χ1n) is 20.4. The van der Waals surface area contributed by atoms with E-state index in [4.69, 9.17) is 23.5 Å². The Morgan fingerprint density at radius 2 is 1.24 bits per heavy atom. The minimum Gasteiger partial charge on any atom is -0.457 e. The van der Waals surface area contributed by atoms with Crippen LogP contribution >= 0.6 is 0 Å². The van der Waals surface area contributed by atoms with Crippen LogP contribution in [-0.2, 0) is 38.3 Å². The Morgan fingerprint density at radius 1 is 0.722 bits per heavy atom. The van der Waals surface area contributed by atoms with Gasteiger partial charge in [-0.1, -0.05) is 146 Å². The summed E-state index contributed by atoms with van der Waals surface area (Å²) in [6.07, 6.45) is 28.8. The molecule has 6 atom stereocenters. The Kier molecular flexibility index (Phi) is 30.8. The number of allylic oxidation sites excluding steroid dienone is 8. The first-order chi connectivity index (χ1) is 26.1. The van der Waals surface area contributed by atoms with Crippen LogP contribution in [0.25, 0.3) is 0 Å². The van der Waals surface area contributed by atoms with Gasteiger partial charge < -0.3 is 34.3 Å². The van der Waals surface area contributed by atoms with E-state index in [1.807, 2.05) is 12.2 Å². The van der Waals surface area contributed by atoms with Gasteiger partial charge in [-0.2, -0.15) is 8.42 Å². The molecule has 0 aromatic heterocycles. The Hall–Kier alpha value is -1.94. The van der Waals surface area contributed by atoms with Crippen molar-refractivity contribution in [2.75, 3.05) is 26.4 Å². The second kappa shape index (κ2) is 33.2.